The number of rotatable bonds is 3. The third kappa shape index (κ3) is 3.24. The number of aliphatic carboxylic acids is 1. The minimum Gasteiger partial charge on any atom is -0.481 e. The fourth-order valence-electron chi connectivity index (χ4n) is 3.13. The Hall–Kier alpha value is -0.730. The molecule has 1 aromatic rings. The Bertz CT molecular complexity index is 487. The third-order valence-corrected chi connectivity index (χ3v) is 4.69. The highest BCUT2D eigenvalue weighted by Crippen LogP contribution is 2.43. The van der Waals surface area contributed by atoms with Crippen molar-refractivity contribution in [2.45, 2.75) is 39.0 Å². The standard InChI is InChI=1S/C15H18Cl2O2/c1-10-3-2-6-15(8-10,14(18)19)9-11-7-12(16)4-5-13(11)17/h4-5,7,10H,2-3,6,8-9H2,1H3,(H,18,19). The van der Waals surface area contributed by atoms with Gasteiger partial charge in [-0.05, 0) is 48.9 Å². The van der Waals surface area contributed by atoms with Crippen LogP contribution in [-0.4, -0.2) is 11.1 Å². The first-order chi connectivity index (χ1) is 8.93. The predicted molar refractivity (Wildman–Crippen MR) is 77.9 cm³/mol. The molecule has 1 saturated carbocycles. The molecule has 104 valence electrons. The maximum absolute atomic E-state index is 11.7. The Morgan fingerprint density at radius 3 is 2.84 bits per heavy atom. The van der Waals surface area contributed by atoms with Crippen LogP contribution in [0.5, 0.6) is 0 Å². The van der Waals surface area contributed by atoms with Gasteiger partial charge in [0, 0.05) is 10.0 Å². The van der Waals surface area contributed by atoms with Crippen molar-refractivity contribution >= 4 is 29.2 Å². The lowest BCUT2D eigenvalue weighted by atomic mass is 9.67. The molecule has 2 nitrogen and oxygen atoms in total. The van der Waals surface area contributed by atoms with Crippen LogP contribution in [0.25, 0.3) is 0 Å². The zero-order chi connectivity index (χ0) is 14.0. The van der Waals surface area contributed by atoms with E-state index in [1.807, 2.05) is 0 Å². The minimum absolute atomic E-state index is 0.447. The number of halogens is 2. The Morgan fingerprint density at radius 2 is 2.21 bits per heavy atom. The second-order valence-corrected chi connectivity index (χ2v) is 6.54. The molecule has 0 heterocycles. The lowest BCUT2D eigenvalue weighted by Crippen LogP contribution is -2.38. The van der Waals surface area contributed by atoms with Crippen molar-refractivity contribution in [3.8, 4) is 0 Å². The maximum atomic E-state index is 11.7. The molecular formula is C15H18Cl2O2. The molecule has 0 bridgehead atoms. The van der Waals surface area contributed by atoms with Gasteiger partial charge < -0.3 is 5.11 Å². The van der Waals surface area contributed by atoms with E-state index in [1.54, 1.807) is 18.2 Å². The molecule has 0 aliphatic heterocycles. The van der Waals surface area contributed by atoms with Crippen molar-refractivity contribution in [1.29, 1.82) is 0 Å². The summed E-state index contributed by atoms with van der Waals surface area (Å²) in [5.41, 5.74) is 0.150. The lowest BCUT2D eigenvalue weighted by Gasteiger charge is -2.36. The van der Waals surface area contributed by atoms with E-state index in [2.05, 4.69) is 6.92 Å². The normalized spacial score (nSPS) is 27.2. The molecule has 1 fully saturated rings. The van der Waals surface area contributed by atoms with Crippen LogP contribution >= 0.6 is 23.2 Å². The van der Waals surface area contributed by atoms with Gasteiger partial charge >= 0.3 is 5.97 Å². The zero-order valence-electron chi connectivity index (χ0n) is 11.0. The number of carbonyl (C=O) groups is 1. The number of benzene rings is 1. The molecule has 2 unspecified atom stereocenters. The first-order valence-corrected chi connectivity index (χ1v) is 7.36. The highest BCUT2D eigenvalue weighted by molar-refractivity contribution is 6.33. The molecule has 19 heavy (non-hydrogen) atoms. The summed E-state index contributed by atoms with van der Waals surface area (Å²) in [6.07, 6.45) is 3.97. The molecule has 1 aliphatic rings. The summed E-state index contributed by atoms with van der Waals surface area (Å²) in [6, 6.07) is 5.25. The first kappa shape index (κ1) is 14.7. The van der Waals surface area contributed by atoms with Gasteiger partial charge in [-0.2, -0.15) is 0 Å². The summed E-state index contributed by atoms with van der Waals surface area (Å²) in [5.74, 6) is -0.266. The molecule has 0 spiro atoms. The smallest absolute Gasteiger partial charge is 0.309 e. The van der Waals surface area contributed by atoms with E-state index in [4.69, 9.17) is 23.2 Å². The monoisotopic (exact) mass is 300 g/mol. The van der Waals surface area contributed by atoms with Crippen molar-refractivity contribution < 1.29 is 9.90 Å². The average Bonchev–Trinajstić information content (AvgIpc) is 2.34. The average molecular weight is 301 g/mol. The molecular weight excluding hydrogens is 283 g/mol. The van der Waals surface area contributed by atoms with Crippen molar-refractivity contribution in [2.75, 3.05) is 0 Å². The second kappa shape index (κ2) is 5.72. The number of carboxylic acids is 1. The molecule has 2 atom stereocenters. The van der Waals surface area contributed by atoms with Crippen LogP contribution in [0.15, 0.2) is 18.2 Å². The van der Waals surface area contributed by atoms with Crippen LogP contribution in [0, 0.1) is 11.3 Å². The van der Waals surface area contributed by atoms with Crippen LogP contribution < -0.4 is 0 Å². The number of hydrogen-bond acceptors (Lipinski definition) is 1. The number of carboxylic acid groups (broad SMARTS) is 1. The summed E-state index contributed by atoms with van der Waals surface area (Å²) >= 11 is 12.1. The van der Waals surface area contributed by atoms with Crippen molar-refractivity contribution in [3.63, 3.8) is 0 Å². The Balaban J connectivity index is 2.30. The Labute approximate surface area is 123 Å². The molecule has 1 aromatic carbocycles. The van der Waals surface area contributed by atoms with Gasteiger partial charge in [0.15, 0.2) is 0 Å². The highest BCUT2D eigenvalue weighted by Gasteiger charge is 2.42. The van der Waals surface area contributed by atoms with Gasteiger partial charge in [0.25, 0.3) is 0 Å². The Morgan fingerprint density at radius 1 is 1.47 bits per heavy atom. The van der Waals surface area contributed by atoms with Gasteiger partial charge in [0.1, 0.15) is 0 Å². The third-order valence-electron chi connectivity index (χ3n) is 4.08. The van der Waals surface area contributed by atoms with E-state index < -0.39 is 11.4 Å². The second-order valence-electron chi connectivity index (χ2n) is 5.70. The molecule has 1 aliphatic carbocycles. The summed E-state index contributed by atoms with van der Waals surface area (Å²) < 4.78 is 0. The summed E-state index contributed by atoms with van der Waals surface area (Å²) in [4.78, 5) is 11.7. The predicted octanol–water partition coefficient (Wildman–Crippen LogP) is 4.82. The van der Waals surface area contributed by atoms with Crippen molar-refractivity contribution in [1.82, 2.24) is 0 Å². The van der Waals surface area contributed by atoms with E-state index in [0.29, 0.717) is 28.8 Å². The molecule has 4 heteroatoms. The fourth-order valence-corrected chi connectivity index (χ4v) is 3.51. The van der Waals surface area contributed by atoms with E-state index in [-0.39, 0.29) is 0 Å². The van der Waals surface area contributed by atoms with Crippen LogP contribution in [0.1, 0.15) is 38.2 Å². The molecule has 0 aromatic heterocycles. The van der Waals surface area contributed by atoms with Gasteiger partial charge in [-0.1, -0.05) is 43.0 Å². The molecule has 2 rings (SSSR count). The summed E-state index contributed by atoms with van der Waals surface area (Å²) in [6.45, 7) is 2.12. The zero-order valence-corrected chi connectivity index (χ0v) is 12.5. The largest absolute Gasteiger partial charge is 0.481 e. The van der Waals surface area contributed by atoms with E-state index in [0.717, 1.165) is 24.8 Å². The van der Waals surface area contributed by atoms with Gasteiger partial charge in [0.2, 0.25) is 0 Å². The Kier molecular flexibility index (Phi) is 4.42. The maximum Gasteiger partial charge on any atom is 0.309 e. The van der Waals surface area contributed by atoms with Crippen molar-refractivity contribution in [2.24, 2.45) is 11.3 Å². The minimum atomic E-state index is -0.713. The highest BCUT2D eigenvalue weighted by atomic mass is 35.5. The van der Waals surface area contributed by atoms with Crippen LogP contribution in [0.2, 0.25) is 10.0 Å². The van der Waals surface area contributed by atoms with Crippen LogP contribution in [0.3, 0.4) is 0 Å². The summed E-state index contributed by atoms with van der Waals surface area (Å²) in [5, 5.41) is 10.9. The molecule has 0 saturated heterocycles. The molecule has 0 radical (unpaired) electrons. The van der Waals surface area contributed by atoms with Gasteiger partial charge in [-0.3, -0.25) is 4.79 Å². The van der Waals surface area contributed by atoms with Crippen molar-refractivity contribution in [3.05, 3.63) is 33.8 Å². The van der Waals surface area contributed by atoms with E-state index >= 15 is 0 Å². The summed E-state index contributed by atoms with van der Waals surface area (Å²) in [7, 11) is 0. The van der Waals surface area contributed by atoms with Crippen LogP contribution in [0.4, 0.5) is 0 Å². The van der Waals surface area contributed by atoms with Gasteiger partial charge in [0.05, 0.1) is 5.41 Å². The van der Waals surface area contributed by atoms with Crippen LogP contribution in [-0.2, 0) is 11.2 Å². The fraction of sp³-hybridized carbons (Fsp3) is 0.533. The lowest BCUT2D eigenvalue weighted by molar-refractivity contribution is -0.152. The number of hydrogen-bond donors (Lipinski definition) is 1. The van der Waals surface area contributed by atoms with Gasteiger partial charge in [-0.25, -0.2) is 0 Å². The topological polar surface area (TPSA) is 37.3 Å². The molecule has 1 N–H and O–H groups in total. The SMILES string of the molecule is CC1CCCC(Cc2cc(Cl)ccc2Cl)(C(=O)O)C1. The van der Waals surface area contributed by atoms with E-state index in [9.17, 15) is 9.90 Å². The van der Waals surface area contributed by atoms with Gasteiger partial charge in [-0.15, -0.1) is 0 Å². The molecule has 0 amide bonds. The quantitative estimate of drug-likeness (QED) is 0.869. The first-order valence-electron chi connectivity index (χ1n) is 6.60. The van der Waals surface area contributed by atoms with E-state index in [1.165, 1.54) is 0 Å².